The van der Waals surface area contributed by atoms with Gasteiger partial charge in [-0.15, -0.1) is 0 Å². The smallest absolute Gasteiger partial charge is 0.416 e. The van der Waals surface area contributed by atoms with Crippen LogP contribution < -0.4 is 4.74 Å². The molecular weight excluding hydrogens is 465 g/mol. The lowest BCUT2D eigenvalue weighted by atomic mass is 10.1. The van der Waals surface area contributed by atoms with Crippen molar-refractivity contribution >= 4 is 17.5 Å². The van der Waals surface area contributed by atoms with Gasteiger partial charge in [0.2, 0.25) is 0 Å². The fourth-order valence-electron chi connectivity index (χ4n) is 3.91. The lowest BCUT2D eigenvalue weighted by molar-refractivity contribution is -0.137. The summed E-state index contributed by atoms with van der Waals surface area (Å²) in [4.78, 5) is 16.9. The summed E-state index contributed by atoms with van der Waals surface area (Å²) in [5.41, 5.74) is 1.40. The minimum Gasteiger partial charge on any atom is -0.487 e. The van der Waals surface area contributed by atoms with E-state index in [9.17, 15) is 18.0 Å². The minimum absolute atomic E-state index is 0.0710. The number of hydrogen-bond donors (Lipinski definition) is 0. The van der Waals surface area contributed by atoms with Crippen molar-refractivity contribution in [3.63, 3.8) is 0 Å². The first kappa shape index (κ1) is 24.1. The first-order valence-corrected chi connectivity index (χ1v) is 11.3. The Hall–Kier alpha value is -3.03. The van der Waals surface area contributed by atoms with E-state index in [1.54, 1.807) is 29.2 Å². The van der Waals surface area contributed by atoms with Crippen LogP contribution >= 0.6 is 11.6 Å². The largest absolute Gasteiger partial charge is 0.487 e. The van der Waals surface area contributed by atoms with Crippen molar-refractivity contribution in [2.75, 3.05) is 26.2 Å². The van der Waals surface area contributed by atoms with Crippen LogP contribution in [0.1, 0.15) is 27.0 Å². The number of alkyl halides is 3. The summed E-state index contributed by atoms with van der Waals surface area (Å²) in [7, 11) is 0. The van der Waals surface area contributed by atoms with Crippen molar-refractivity contribution in [1.82, 2.24) is 9.80 Å². The van der Waals surface area contributed by atoms with Gasteiger partial charge in [-0.2, -0.15) is 13.2 Å². The van der Waals surface area contributed by atoms with Crippen LogP contribution in [0.25, 0.3) is 0 Å². The normalized spacial score (nSPS) is 14.8. The maximum Gasteiger partial charge on any atom is 0.416 e. The van der Waals surface area contributed by atoms with Gasteiger partial charge < -0.3 is 9.64 Å². The third-order valence-corrected chi connectivity index (χ3v) is 6.04. The Morgan fingerprint density at radius 3 is 2.32 bits per heavy atom. The molecular formula is C26H24ClF3N2O2. The second-order valence-electron chi connectivity index (χ2n) is 8.19. The molecule has 0 atom stereocenters. The first-order chi connectivity index (χ1) is 16.3. The average molecular weight is 489 g/mol. The van der Waals surface area contributed by atoms with E-state index in [-0.39, 0.29) is 12.5 Å². The number of hydrogen-bond acceptors (Lipinski definition) is 3. The zero-order valence-corrected chi connectivity index (χ0v) is 19.1. The Kier molecular flexibility index (Phi) is 7.44. The fourth-order valence-corrected chi connectivity index (χ4v) is 4.10. The van der Waals surface area contributed by atoms with E-state index in [4.69, 9.17) is 16.3 Å². The summed E-state index contributed by atoms with van der Waals surface area (Å²) in [6.07, 6.45) is -4.35. The van der Waals surface area contributed by atoms with Gasteiger partial charge in [0.25, 0.3) is 5.91 Å². The van der Waals surface area contributed by atoms with E-state index in [0.29, 0.717) is 54.6 Å². The van der Waals surface area contributed by atoms with Crippen molar-refractivity contribution in [2.45, 2.75) is 19.3 Å². The van der Waals surface area contributed by atoms with Gasteiger partial charge in [-0.1, -0.05) is 54.1 Å². The number of nitrogens with zero attached hydrogens (tertiary/aromatic N) is 2. The van der Waals surface area contributed by atoms with Crippen molar-refractivity contribution in [2.24, 2.45) is 0 Å². The number of rotatable bonds is 6. The molecule has 1 fully saturated rings. The standard InChI is InChI=1S/C26H24ClF3N2O2/c27-23-9-1-2-10-24(23)34-18-20-6-3-7-21(15-20)25(33)32-13-11-31(12-14-32)17-19-5-4-8-22(16-19)26(28,29)30/h1-10,15-16H,11-14,17-18H2. The van der Waals surface area contributed by atoms with E-state index < -0.39 is 11.7 Å². The van der Waals surface area contributed by atoms with E-state index >= 15 is 0 Å². The minimum atomic E-state index is -4.35. The van der Waals surface area contributed by atoms with Crippen molar-refractivity contribution in [1.29, 1.82) is 0 Å². The van der Waals surface area contributed by atoms with Crippen molar-refractivity contribution in [3.05, 3.63) is 100 Å². The van der Waals surface area contributed by atoms with E-state index in [1.807, 2.05) is 30.3 Å². The number of amides is 1. The van der Waals surface area contributed by atoms with Gasteiger partial charge >= 0.3 is 6.18 Å². The molecule has 0 bridgehead atoms. The maximum atomic E-state index is 13.0. The highest BCUT2D eigenvalue weighted by molar-refractivity contribution is 6.32. The Bertz CT molecular complexity index is 1140. The number of para-hydroxylation sites is 1. The summed E-state index contributed by atoms with van der Waals surface area (Å²) >= 11 is 6.12. The number of halogens is 4. The molecule has 1 aliphatic heterocycles. The van der Waals surface area contributed by atoms with Gasteiger partial charge in [0.15, 0.2) is 0 Å². The quantitative estimate of drug-likeness (QED) is 0.433. The molecule has 0 saturated carbocycles. The van der Waals surface area contributed by atoms with Crippen LogP contribution in [-0.2, 0) is 19.3 Å². The van der Waals surface area contributed by atoms with Gasteiger partial charge in [-0.05, 0) is 41.5 Å². The number of piperazine rings is 1. The zero-order chi connectivity index (χ0) is 24.1. The lowest BCUT2D eigenvalue weighted by Gasteiger charge is -2.35. The molecule has 0 aliphatic carbocycles. The fraction of sp³-hybridized carbons (Fsp3) is 0.269. The first-order valence-electron chi connectivity index (χ1n) is 10.9. The molecule has 8 heteroatoms. The second kappa shape index (κ2) is 10.5. The number of carbonyl (C=O) groups excluding carboxylic acids is 1. The van der Waals surface area contributed by atoms with Gasteiger partial charge in [0, 0.05) is 38.3 Å². The third kappa shape index (κ3) is 6.10. The Balaban J connectivity index is 1.32. The molecule has 1 saturated heterocycles. The van der Waals surface area contributed by atoms with Crippen LogP contribution in [0.4, 0.5) is 13.2 Å². The van der Waals surface area contributed by atoms with Crippen molar-refractivity contribution < 1.29 is 22.7 Å². The average Bonchev–Trinajstić information content (AvgIpc) is 2.83. The van der Waals surface area contributed by atoms with Gasteiger partial charge in [-0.25, -0.2) is 0 Å². The van der Waals surface area contributed by atoms with E-state index in [2.05, 4.69) is 4.90 Å². The SMILES string of the molecule is O=C(c1cccc(COc2ccccc2Cl)c1)N1CCN(Cc2cccc(C(F)(F)F)c2)CC1. The summed E-state index contributed by atoms with van der Waals surface area (Å²) in [5, 5.41) is 0.526. The van der Waals surface area contributed by atoms with Crippen LogP contribution in [0.15, 0.2) is 72.8 Å². The van der Waals surface area contributed by atoms with Gasteiger partial charge in [-0.3, -0.25) is 9.69 Å². The van der Waals surface area contributed by atoms with Crippen LogP contribution in [0, 0.1) is 0 Å². The summed E-state index contributed by atoms with van der Waals surface area (Å²) in [5.74, 6) is 0.510. The number of benzene rings is 3. The van der Waals surface area contributed by atoms with Crippen molar-refractivity contribution in [3.8, 4) is 5.75 Å². The van der Waals surface area contributed by atoms with Crippen LogP contribution in [0.5, 0.6) is 5.75 Å². The molecule has 34 heavy (non-hydrogen) atoms. The van der Waals surface area contributed by atoms with Crippen LogP contribution in [-0.4, -0.2) is 41.9 Å². The summed E-state index contributed by atoms with van der Waals surface area (Å²) < 4.78 is 44.6. The molecule has 1 amide bonds. The molecule has 3 aromatic rings. The molecule has 1 aliphatic rings. The molecule has 0 aromatic heterocycles. The molecule has 0 N–H and O–H groups in total. The number of carbonyl (C=O) groups is 1. The Morgan fingerprint density at radius 2 is 1.59 bits per heavy atom. The third-order valence-electron chi connectivity index (χ3n) is 5.72. The lowest BCUT2D eigenvalue weighted by Crippen LogP contribution is -2.48. The highest BCUT2D eigenvalue weighted by atomic mass is 35.5. The number of ether oxygens (including phenoxy) is 1. The molecule has 0 unspecified atom stereocenters. The Morgan fingerprint density at radius 1 is 0.882 bits per heavy atom. The molecule has 3 aromatic carbocycles. The second-order valence-corrected chi connectivity index (χ2v) is 8.59. The predicted molar refractivity (Wildman–Crippen MR) is 125 cm³/mol. The molecule has 4 nitrogen and oxygen atoms in total. The highest BCUT2D eigenvalue weighted by Gasteiger charge is 2.30. The zero-order valence-electron chi connectivity index (χ0n) is 18.4. The highest BCUT2D eigenvalue weighted by Crippen LogP contribution is 2.30. The molecule has 0 spiro atoms. The Labute approximate surface area is 201 Å². The summed E-state index contributed by atoms with van der Waals surface area (Å²) in [6, 6.07) is 19.9. The van der Waals surface area contributed by atoms with E-state index in [1.165, 1.54) is 12.1 Å². The maximum absolute atomic E-state index is 13.0. The van der Waals surface area contributed by atoms with E-state index in [0.717, 1.165) is 11.6 Å². The van der Waals surface area contributed by atoms with Crippen LogP contribution in [0.3, 0.4) is 0 Å². The molecule has 0 radical (unpaired) electrons. The van der Waals surface area contributed by atoms with Gasteiger partial charge in [0.05, 0.1) is 10.6 Å². The predicted octanol–water partition coefficient (Wildman–Crippen LogP) is 5.90. The van der Waals surface area contributed by atoms with Gasteiger partial charge in [0.1, 0.15) is 12.4 Å². The summed E-state index contributed by atoms with van der Waals surface area (Å²) in [6.45, 7) is 2.92. The molecule has 4 rings (SSSR count). The monoisotopic (exact) mass is 488 g/mol. The molecule has 1 heterocycles. The molecule has 178 valence electrons. The van der Waals surface area contributed by atoms with Crippen LogP contribution in [0.2, 0.25) is 5.02 Å². The topological polar surface area (TPSA) is 32.8 Å².